The van der Waals surface area contributed by atoms with Crippen LogP contribution in [0.1, 0.15) is 50.2 Å². The molecule has 0 bridgehead atoms. The van der Waals surface area contributed by atoms with Crippen molar-refractivity contribution >= 4 is 18.4 Å². The van der Waals surface area contributed by atoms with Crippen LogP contribution in [0.3, 0.4) is 0 Å². The molecule has 8 heteroatoms. The number of carbonyl (C=O) groups excluding carboxylic acids is 1. The summed E-state index contributed by atoms with van der Waals surface area (Å²) in [6.07, 6.45) is 5.00. The first-order valence-electron chi connectivity index (χ1n) is 8.71. The Hall–Kier alpha value is -1.34. The van der Waals surface area contributed by atoms with Crippen molar-refractivity contribution in [2.75, 3.05) is 33.2 Å². The summed E-state index contributed by atoms with van der Waals surface area (Å²) in [6, 6.07) is 0.496. The number of aromatic nitrogens is 2. The maximum Gasteiger partial charge on any atom is 0.320 e. The van der Waals surface area contributed by atoms with Crippen molar-refractivity contribution in [1.29, 1.82) is 0 Å². The fourth-order valence-electron chi connectivity index (χ4n) is 3.35. The van der Waals surface area contributed by atoms with Gasteiger partial charge in [0.25, 0.3) is 0 Å². The third-order valence-electron chi connectivity index (χ3n) is 4.88. The van der Waals surface area contributed by atoms with E-state index in [1.54, 1.807) is 0 Å². The fraction of sp³-hybridized carbons (Fsp3) is 0.812. The lowest BCUT2D eigenvalue weighted by Crippen LogP contribution is -2.46. The van der Waals surface area contributed by atoms with E-state index in [4.69, 9.17) is 4.52 Å². The average molecular weight is 358 g/mol. The predicted octanol–water partition coefficient (Wildman–Crippen LogP) is 2.04. The molecule has 2 amide bonds. The van der Waals surface area contributed by atoms with Crippen molar-refractivity contribution in [3.05, 3.63) is 11.7 Å². The number of carbonyl (C=O) groups is 1. The average Bonchev–Trinajstić information content (AvgIpc) is 3.26. The second-order valence-corrected chi connectivity index (χ2v) is 6.70. The molecule has 3 rings (SSSR count). The maximum absolute atomic E-state index is 12.5. The van der Waals surface area contributed by atoms with Crippen molar-refractivity contribution < 1.29 is 9.32 Å². The number of likely N-dealkylation sites (tertiary alicyclic amines) is 2. The highest BCUT2D eigenvalue weighted by molar-refractivity contribution is 5.85. The van der Waals surface area contributed by atoms with Gasteiger partial charge in [0.05, 0.1) is 5.92 Å². The molecule has 2 unspecified atom stereocenters. The number of piperidine rings is 1. The molecular formula is C16H28ClN5O2. The van der Waals surface area contributed by atoms with Crippen LogP contribution in [0.15, 0.2) is 4.52 Å². The van der Waals surface area contributed by atoms with Crippen LogP contribution in [0.5, 0.6) is 0 Å². The Labute approximate surface area is 149 Å². The molecule has 2 atom stereocenters. The summed E-state index contributed by atoms with van der Waals surface area (Å²) < 4.78 is 5.46. The van der Waals surface area contributed by atoms with Gasteiger partial charge in [-0.2, -0.15) is 4.98 Å². The Balaban J connectivity index is 0.00000208. The van der Waals surface area contributed by atoms with Crippen LogP contribution in [0.4, 0.5) is 4.79 Å². The van der Waals surface area contributed by atoms with E-state index < -0.39 is 0 Å². The molecule has 0 spiro atoms. The van der Waals surface area contributed by atoms with E-state index in [0.717, 1.165) is 57.6 Å². The van der Waals surface area contributed by atoms with Crippen LogP contribution >= 0.6 is 12.4 Å². The normalized spacial score (nSPS) is 22.3. The van der Waals surface area contributed by atoms with Crippen molar-refractivity contribution in [3.8, 4) is 0 Å². The zero-order chi connectivity index (χ0) is 16.2. The molecule has 2 aliphatic heterocycles. The summed E-state index contributed by atoms with van der Waals surface area (Å²) in [5.41, 5.74) is 0. The number of nitrogens with zero attached hydrogens (tertiary/aromatic N) is 4. The SMILES string of the molecule is CNC(C)Cc1noc(C2CCCN(C(=O)N3CCCC3)C2)n1.Cl. The molecule has 24 heavy (non-hydrogen) atoms. The number of amides is 2. The van der Waals surface area contributed by atoms with E-state index in [-0.39, 0.29) is 24.4 Å². The number of likely N-dealkylation sites (N-methyl/N-ethyl adjacent to an activating group) is 1. The summed E-state index contributed by atoms with van der Waals surface area (Å²) in [5.74, 6) is 1.59. The van der Waals surface area contributed by atoms with E-state index in [2.05, 4.69) is 22.4 Å². The van der Waals surface area contributed by atoms with Crippen LogP contribution in [0, 0.1) is 0 Å². The highest BCUT2D eigenvalue weighted by Gasteiger charge is 2.31. The highest BCUT2D eigenvalue weighted by atomic mass is 35.5. The first kappa shape index (κ1) is 19.0. The minimum atomic E-state index is 0. The molecule has 0 aromatic carbocycles. The first-order chi connectivity index (χ1) is 11.2. The lowest BCUT2D eigenvalue weighted by Gasteiger charge is -2.33. The fourth-order valence-corrected chi connectivity index (χ4v) is 3.35. The molecule has 1 aromatic rings. The quantitative estimate of drug-likeness (QED) is 0.892. The molecule has 2 saturated heterocycles. The molecule has 136 valence electrons. The zero-order valence-corrected chi connectivity index (χ0v) is 15.3. The molecule has 7 nitrogen and oxygen atoms in total. The predicted molar refractivity (Wildman–Crippen MR) is 93.5 cm³/mol. The molecule has 2 aliphatic rings. The molecule has 1 N–H and O–H groups in total. The van der Waals surface area contributed by atoms with Gasteiger partial charge in [-0.05, 0) is 39.7 Å². The highest BCUT2D eigenvalue weighted by Crippen LogP contribution is 2.27. The molecule has 0 saturated carbocycles. The third kappa shape index (κ3) is 4.39. The molecule has 2 fully saturated rings. The summed E-state index contributed by atoms with van der Waals surface area (Å²) in [5, 5.41) is 7.26. The van der Waals surface area contributed by atoms with Gasteiger partial charge in [0.1, 0.15) is 0 Å². The van der Waals surface area contributed by atoms with E-state index in [0.29, 0.717) is 18.5 Å². The second-order valence-electron chi connectivity index (χ2n) is 6.70. The number of hydrogen-bond acceptors (Lipinski definition) is 5. The van der Waals surface area contributed by atoms with E-state index in [1.165, 1.54) is 0 Å². The maximum atomic E-state index is 12.5. The third-order valence-corrected chi connectivity index (χ3v) is 4.88. The molecule has 1 aromatic heterocycles. The largest absolute Gasteiger partial charge is 0.339 e. The summed E-state index contributed by atoms with van der Waals surface area (Å²) in [4.78, 5) is 21.0. The second kappa shape index (κ2) is 8.67. The van der Waals surface area contributed by atoms with Crippen LogP contribution in [-0.4, -0.2) is 65.2 Å². The van der Waals surface area contributed by atoms with Gasteiger partial charge in [0.15, 0.2) is 5.82 Å². The minimum Gasteiger partial charge on any atom is -0.339 e. The summed E-state index contributed by atoms with van der Waals surface area (Å²) in [7, 11) is 1.93. The molecule has 0 radical (unpaired) electrons. The van der Waals surface area contributed by atoms with Gasteiger partial charge in [-0.15, -0.1) is 12.4 Å². The van der Waals surface area contributed by atoms with Crippen molar-refractivity contribution in [1.82, 2.24) is 25.3 Å². The van der Waals surface area contributed by atoms with Gasteiger partial charge in [0.2, 0.25) is 5.89 Å². The molecule has 3 heterocycles. The Morgan fingerprint density at radius 3 is 2.71 bits per heavy atom. The smallest absolute Gasteiger partial charge is 0.320 e. The van der Waals surface area contributed by atoms with Gasteiger partial charge in [-0.3, -0.25) is 0 Å². The van der Waals surface area contributed by atoms with Crippen LogP contribution in [0.25, 0.3) is 0 Å². The lowest BCUT2D eigenvalue weighted by molar-refractivity contribution is 0.142. The number of hydrogen-bond donors (Lipinski definition) is 1. The Morgan fingerprint density at radius 2 is 2.00 bits per heavy atom. The number of halogens is 1. The number of rotatable bonds is 4. The van der Waals surface area contributed by atoms with Gasteiger partial charge < -0.3 is 19.6 Å². The van der Waals surface area contributed by atoms with Crippen molar-refractivity contribution in [2.24, 2.45) is 0 Å². The van der Waals surface area contributed by atoms with Crippen molar-refractivity contribution in [3.63, 3.8) is 0 Å². The first-order valence-corrected chi connectivity index (χ1v) is 8.71. The van der Waals surface area contributed by atoms with Crippen LogP contribution in [0.2, 0.25) is 0 Å². The van der Waals surface area contributed by atoms with Crippen LogP contribution < -0.4 is 5.32 Å². The Morgan fingerprint density at radius 1 is 1.29 bits per heavy atom. The van der Waals surface area contributed by atoms with Gasteiger partial charge in [-0.25, -0.2) is 4.79 Å². The summed E-state index contributed by atoms with van der Waals surface area (Å²) in [6.45, 7) is 5.41. The van der Waals surface area contributed by atoms with E-state index >= 15 is 0 Å². The van der Waals surface area contributed by atoms with E-state index in [1.807, 2.05) is 16.8 Å². The van der Waals surface area contributed by atoms with E-state index in [9.17, 15) is 4.79 Å². The van der Waals surface area contributed by atoms with Gasteiger partial charge in [0, 0.05) is 38.6 Å². The topological polar surface area (TPSA) is 74.5 Å². The standard InChI is InChI=1S/C16H27N5O2.ClH/c1-12(17-2)10-14-18-15(23-19-14)13-6-5-9-21(11-13)16(22)20-7-3-4-8-20;/h12-13,17H,3-11H2,1-2H3;1H. The lowest BCUT2D eigenvalue weighted by atomic mass is 9.98. The van der Waals surface area contributed by atoms with Gasteiger partial charge >= 0.3 is 6.03 Å². The Kier molecular flexibility index (Phi) is 6.86. The van der Waals surface area contributed by atoms with Crippen LogP contribution in [-0.2, 0) is 6.42 Å². The van der Waals surface area contributed by atoms with Crippen molar-refractivity contribution in [2.45, 2.75) is 51.0 Å². The molecule has 0 aliphatic carbocycles. The Bertz CT molecular complexity index is 532. The number of nitrogens with one attached hydrogen (secondary N) is 1. The summed E-state index contributed by atoms with van der Waals surface area (Å²) >= 11 is 0. The number of urea groups is 1. The molecular weight excluding hydrogens is 330 g/mol. The monoisotopic (exact) mass is 357 g/mol. The minimum absolute atomic E-state index is 0. The zero-order valence-electron chi connectivity index (χ0n) is 14.5. The van der Waals surface area contributed by atoms with Gasteiger partial charge in [-0.1, -0.05) is 5.16 Å².